The molecule has 0 unspecified atom stereocenters. The molecule has 2 aromatic carbocycles. The molecule has 1 aliphatic heterocycles. The van der Waals surface area contributed by atoms with Gasteiger partial charge in [0.25, 0.3) is 5.91 Å². The highest BCUT2D eigenvalue weighted by atomic mass is 35.5. The van der Waals surface area contributed by atoms with Crippen molar-refractivity contribution in [3.8, 4) is 0 Å². The lowest BCUT2D eigenvalue weighted by atomic mass is 10.0. The lowest BCUT2D eigenvalue weighted by molar-refractivity contribution is -0.918. The topological polar surface area (TPSA) is 50.1 Å². The largest absolute Gasteiger partial charge is 0.348 e. The zero-order chi connectivity index (χ0) is 19.1. The van der Waals surface area contributed by atoms with Gasteiger partial charge in [0.15, 0.2) is 6.54 Å². The number of rotatable bonds is 7. The van der Waals surface area contributed by atoms with Crippen molar-refractivity contribution in [2.24, 2.45) is 0 Å². The Bertz CT molecular complexity index is 712. The second-order valence-electron chi connectivity index (χ2n) is 7.53. The van der Waals surface area contributed by atoms with Crippen molar-refractivity contribution in [2.45, 2.75) is 38.4 Å². The average Bonchev–Trinajstić information content (AvgIpc) is 2.69. The lowest BCUT2D eigenvalue weighted by Gasteiger charge is -2.29. The van der Waals surface area contributed by atoms with Crippen LogP contribution in [-0.4, -0.2) is 31.6 Å². The van der Waals surface area contributed by atoms with Crippen molar-refractivity contribution in [1.82, 2.24) is 5.32 Å². The molecule has 1 amide bonds. The molecule has 0 aliphatic carbocycles. The Hall–Kier alpha value is -1.88. The summed E-state index contributed by atoms with van der Waals surface area (Å²) in [6.45, 7) is 5.88. The van der Waals surface area contributed by atoms with Crippen LogP contribution in [0.5, 0.6) is 0 Å². The van der Waals surface area contributed by atoms with Crippen LogP contribution in [0, 0.1) is 0 Å². The SMILES string of the molecule is C[C@H]([NH2+]CC(=O)NC1CC[NH+](Cc2ccccc2)CC1)c1ccc(Cl)cc1. The highest BCUT2D eigenvalue weighted by molar-refractivity contribution is 6.30. The number of nitrogens with two attached hydrogens (primary N) is 1. The summed E-state index contributed by atoms with van der Waals surface area (Å²) in [6, 6.07) is 19.0. The third kappa shape index (κ3) is 6.35. The zero-order valence-electron chi connectivity index (χ0n) is 16.0. The molecular weight excluding hydrogens is 358 g/mol. The molecule has 0 bridgehead atoms. The van der Waals surface area contributed by atoms with Gasteiger partial charge in [-0.1, -0.05) is 54.1 Å². The molecule has 1 heterocycles. The van der Waals surface area contributed by atoms with E-state index in [-0.39, 0.29) is 11.9 Å². The molecule has 4 nitrogen and oxygen atoms in total. The van der Waals surface area contributed by atoms with Crippen molar-refractivity contribution in [2.75, 3.05) is 19.6 Å². The van der Waals surface area contributed by atoms with E-state index in [0.717, 1.165) is 37.5 Å². The molecule has 1 fully saturated rings. The van der Waals surface area contributed by atoms with E-state index in [1.165, 1.54) is 11.1 Å². The molecule has 5 heteroatoms. The third-order valence-electron chi connectivity index (χ3n) is 5.41. The van der Waals surface area contributed by atoms with Gasteiger partial charge in [-0.2, -0.15) is 0 Å². The summed E-state index contributed by atoms with van der Waals surface area (Å²) in [5.74, 6) is 0.132. The van der Waals surface area contributed by atoms with Gasteiger partial charge < -0.3 is 15.5 Å². The summed E-state index contributed by atoms with van der Waals surface area (Å²) in [7, 11) is 0. The van der Waals surface area contributed by atoms with Gasteiger partial charge in [0.1, 0.15) is 12.6 Å². The van der Waals surface area contributed by atoms with Crippen LogP contribution in [0.1, 0.15) is 36.9 Å². The number of hydrogen-bond acceptors (Lipinski definition) is 1. The summed E-state index contributed by atoms with van der Waals surface area (Å²) in [5, 5.41) is 6.03. The third-order valence-corrected chi connectivity index (χ3v) is 5.66. The monoisotopic (exact) mass is 387 g/mol. The van der Waals surface area contributed by atoms with Gasteiger partial charge in [-0.3, -0.25) is 4.79 Å². The fourth-order valence-electron chi connectivity index (χ4n) is 3.70. The van der Waals surface area contributed by atoms with Crippen molar-refractivity contribution in [3.05, 3.63) is 70.7 Å². The number of nitrogens with one attached hydrogen (secondary N) is 2. The summed E-state index contributed by atoms with van der Waals surface area (Å²) in [4.78, 5) is 13.9. The van der Waals surface area contributed by atoms with Gasteiger partial charge in [0, 0.05) is 35.0 Å². The second kappa shape index (κ2) is 9.88. The Kier molecular flexibility index (Phi) is 7.27. The van der Waals surface area contributed by atoms with Crippen molar-refractivity contribution in [1.29, 1.82) is 0 Å². The maximum atomic E-state index is 12.3. The summed E-state index contributed by atoms with van der Waals surface area (Å²) in [6.07, 6.45) is 2.11. The van der Waals surface area contributed by atoms with Crippen LogP contribution in [0.3, 0.4) is 0 Å². The fourth-order valence-corrected chi connectivity index (χ4v) is 3.83. The minimum atomic E-state index is 0.132. The molecule has 144 valence electrons. The number of likely N-dealkylation sites (tertiary alicyclic amines) is 1. The van der Waals surface area contributed by atoms with Crippen molar-refractivity contribution < 1.29 is 15.0 Å². The van der Waals surface area contributed by atoms with Crippen molar-refractivity contribution in [3.63, 3.8) is 0 Å². The number of halogens is 1. The van der Waals surface area contributed by atoms with E-state index >= 15 is 0 Å². The number of carbonyl (C=O) groups excluding carboxylic acids is 1. The van der Waals surface area contributed by atoms with Gasteiger partial charge in [-0.05, 0) is 19.1 Å². The van der Waals surface area contributed by atoms with Gasteiger partial charge in [0.05, 0.1) is 13.1 Å². The maximum absolute atomic E-state index is 12.3. The Morgan fingerprint density at radius 2 is 1.81 bits per heavy atom. The van der Waals surface area contributed by atoms with Crippen LogP contribution in [0.15, 0.2) is 54.6 Å². The van der Waals surface area contributed by atoms with E-state index < -0.39 is 0 Å². The quantitative estimate of drug-likeness (QED) is 0.659. The van der Waals surface area contributed by atoms with Crippen LogP contribution >= 0.6 is 11.6 Å². The van der Waals surface area contributed by atoms with E-state index in [1.807, 2.05) is 24.3 Å². The highest BCUT2D eigenvalue weighted by Gasteiger charge is 2.24. The zero-order valence-corrected chi connectivity index (χ0v) is 16.7. The molecule has 27 heavy (non-hydrogen) atoms. The Labute approximate surface area is 166 Å². The summed E-state index contributed by atoms with van der Waals surface area (Å²) >= 11 is 5.93. The smallest absolute Gasteiger partial charge is 0.275 e. The molecule has 0 saturated carbocycles. The van der Waals surface area contributed by atoms with E-state index in [2.05, 4.69) is 47.9 Å². The molecule has 0 radical (unpaired) electrons. The predicted molar refractivity (Wildman–Crippen MR) is 109 cm³/mol. The first-order valence-corrected chi connectivity index (χ1v) is 10.2. The molecule has 1 aliphatic rings. The van der Waals surface area contributed by atoms with Crippen LogP contribution in [0.25, 0.3) is 0 Å². The van der Waals surface area contributed by atoms with Gasteiger partial charge >= 0.3 is 0 Å². The molecule has 2 aromatic rings. The number of amides is 1. The van der Waals surface area contributed by atoms with Crippen molar-refractivity contribution >= 4 is 17.5 Å². The highest BCUT2D eigenvalue weighted by Crippen LogP contribution is 2.13. The minimum absolute atomic E-state index is 0.132. The van der Waals surface area contributed by atoms with Gasteiger partial charge in [-0.15, -0.1) is 0 Å². The normalized spacial score (nSPS) is 20.8. The maximum Gasteiger partial charge on any atom is 0.275 e. The molecule has 0 aromatic heterocycles. The first kappa shape index (κ1) is 19.9. The number of hydrogen-bond donors (Lipinski definition) is 3. The lowest BCUT2D eigenvalue weighted by Crippen LogP contribution is -3.12. The molecule has 0 spiro atoms. The molecule has 4 N–H and O–H groups in total. The standard InChI is InChI=1S/C22H28ClN3O/c1-17(19-7-9-20(23)10-8-19)24-15-22(27)25-21-11-13-26(14-12-21)16-18-5-3-2-4-6-18/h2-10,17,21,24H,11-16H2,1H3,(H,25,27)/p+2/t17-/m0/s1. The van der Waals surface area contributed by atoms with Gasteiger partial charge in [-0.25, -0.2) is 0 Å². The Morgan fingerprint density at radius 1 is 1.15 bits per heavy atom. The minimum Gasteiger partial charge on any atom is -0.348 e. The van der Waals surface area contributed by atoms with E-state index in [0.29, 0.717) is 12.6 Å². The number of quaternary nitrogens is 2. The molecular formula is C22H30ClN3O+2. The number of carbonyl (C=O) groups is 1. The van der Waals surface area contributed by atoms with E-state index in [1.54, 1.807) is 4.90 Å². The fraction of sp³-hybridized carbons (Fsp3) is 0.409. The van der Waals surface area contributed by atoms with Crippen LogP contribution < -0.4 is 15.5 Å². The predicted octanol–water partition coefficient (Wildman–Crippen LogP) is 1.33. The Morgan fingerprint density at radius 3 is 2.48 bits per heavy atom. The van der Waals surface area contributed by atoms with E-state index in [4.69, 9.17) is 11.6 Å². The second-order valence-corrected chi connectivity index (χ2v) is 7.97. The first-order chi connectivity index (χ1) is 13.1. The molecule has 1 atom stereocenters. The molecule has 1 saturated heterocycles. The van der Waals surface area contributed by atoms with Gasteiger partial charge in [0.2, 0.25) is 0 Å². The van der Waals surface area contributed by atoms with Crippen LogP contribution in [0.2, 0.25) is 5.02 Å². The number of benzene rings is 2. The first-order valence-electron chi connectivity index (χ1n) is 9.86. The summed E-state index contributed by atoms with van der Waals surface area (Å²) in [5.41, 5.74) is 2.57. The molecule has 3 rings (SSSR count). The van der Waals surface area contributed by atoms with Crippen LogP contribution in [-0.2, 0) is 11.3 Å². The number of piperidine rings is 1. The average molecular weight is 388 g/mol. The van der Waals surface area contributed by atoms with Crippen LogP contribution in [0.4, 0.5) is 0 Å². The Balaban J connectivity index is 1.36. The summed E-state index contributed by atoms with van der Waals surface area (Å²) < 4.78 is 0. The van der Waals surface area contributed by atoms with E-state index in [9.17, 15) is 4.79 Å².